The molecule has 2 rings (SSSR count). The first-order valence-corrected chi connectivity index (χ1v) is 7.59. The Morgan fingerprint density at radius 3 is 2.86 bits per heavy atom. The molecule has 0 aliphatic carbocycles. The summed E-state index contributed by atoms with van der Waals surface area (Å²) in [6, 6.07) is 5.88. The van der Waals surface area contributed by atoms with Gasteiger partial charge >= 0.3 is 0 Å². The molecule has 0 aromatic heterocycles. The van der Waals surface area contributed by atoms with Crippen LogP contribution in [0, 0.1) is 0 Å². The highest BCUT2D eigenvalue weighted by atomic mass is 16.6. The molecule has 0 bridgehead atoms. The lowest BCUT2D eigenvalue weighted by molar-refractivity contribution is -0.119. The number of carbonyl (C=O) groups is 1. The maximum absolute atomic E-state index is 11.2. The second kappa shape index (κ2) is 7.88. The molecule has 0 unspecified atom stereocenters. The molecule has 0 fully saturated rings. The van der Waals surface area contributed by atoms with Gasteiger partial charge in [-0.1, -0.05) is 31.9 Å². The van der Waals surface area contributed by atoms with E-state index in [0.29, 0.717) is 19.8 Å². The van der Waals surface area contributed by atoms with Crippen LogP contribution in [-0.2, 0) is 11.3 Å². The lowest BCUT2D eigenvalue weighted by atomic mass is 10.1. The van der Waals surface area contributed by atoms with Gasteiger partial charge in [0.2, 0.25) is 5.91 Å². The van der Waals surface area contributed by atoms with Crippen LogP contribution in [0.3, 0.4) is 0 Å². The SMILES string of the molecule is CCCCCN(CC(N)=O)Cc1cccc2c1OCCO2. The van der Waals surface area contributed by atoms with Gasteiger partial charge in [0.05, 0.1) is 6.54 Å². The van der Waals surface area contributed by atoms with Crippen molar-refractivity contribution in [1.82, 2.24) is 4.90 Å². The molecule has 5 heteroatoms. The second-order valence-corrected chi connectivity index (χ2v) is 5.33. The molecular formula is C16H24N2O3. The lowest BCUT2D eigenvalue weighted by Gasteiger charge is -2.25. The van der Waals surface area contributed by atoms with Crippen LogP contribution in [0.5, 0.6) is 11.5 Å². The molecule has 0 saturated heterocycles. The van der Waals surface area contributed by atoms with Crippen molar-refractivity contribution in [2.75, 3.05) is 26.3 Å². The minimum Gasteiger partial charge on any atom is -0.486 e. The quantitative estimate of drug-likeness (QED) is 0.744. The largest absolute Gasteiger partial charge is 0.486 e. The zero-order chi connectivity index (χ0) is 15.1. The monoisotopic (exact) mass is 292 g/mol. The summed E-state index contributed by atoms with van der Waals surface area (Å²) in [5.74, 6) is 1.29. The van der Waals surface area contributed by atoms with Crippen LogP contribution >= 0.6 is 0 Å². The minimum absolute atomic E-state index is 0.272. The molecule has 116 valence electrons. The Kier molecular flexibility index (Phi) is 5.87. The first-order valence-electron chi connectivity index (χ1n) is 7.59. The highest BCUT2D eigenvalue weighted by Gasteiger charge is 2.18. The molecule has 5 nitrogen and oxygen atoms in total. The van der Waals surface area contributed by atoms with Gasteiger partial charge in [0.1, 0.15) is 13.2 Å². The molecule has 1 aliphatic heterocycles. The highest BCUT2D eigenvalue weighted by molar-refractivity contribution is 5.75. The Morgan fingerprint density at radius 1 is 1.29 bits per heavy atom. The van der Waals surface area contributed by atoms with Crippen molar-refractivity contribution in [2.24, 2.45) is 5.73 Å². The molecule has 0 atom stereocenters. The van der Waals surface area contributed by atoms with Crippen LogP contribution in [0.2, 0.25) is 0 Å². The van der Waals surface area contributed by atoms with Crippen LogP contribution in [-0.4, -0.2) is 37.1 Å². The number of fused-ring (bicyclic) bond motifs is 1. The zero-order valence-corrected chi connectivity index (χ0v) is 12.6. The van der Waals surface area contributed by atoms with E-state index in [-0.39, 0.29) is 12.5 Å². The summed E-state index contributed by atoms with van der Waals surface area (Å²) in [7, 11) is 0. The van der Waals surface area contributed by atoms with Gasteiger partial charge in [0, 0.05) is 12.1 Å². The smallest absolute Gasteiger partial charge is 0.231 e. The van der Waals surface area contributed by atoms with E-state index in [4.69, 9.17) is 15.2 Å². The number of amides is 1. The normalized spacial score (nSPS) is 13.4. The predicted molar refractivity (Wildman–Crippen MR) is 81.4 cm³/mol. The lowest BCUT2D eigenvalue weighted by Crippen LogP contribution is -2.34. The zero-order valence-electron chi connectivity index (χ0n) is 12.6. The van der Waals surface area contributed by atoms with E-state index in [0.717, 1.165) is 42.9 Å². The minimum atomic E-state index is -0.298. The number of ether oxygens (including phenoxy) is 2. The summed E-state index contributed by atoms with van der Waals surface area (Å²) in [5, 5.41) is 0. The average molecular weight is 292 g/mol. The molecule has 21 heavy (non-hydrogen) atoms. The number of benzene rings is 1. The van der Waals surface area contributed by atoms with Gasteiger partial charge in [-0.3, -0.25) is 9.69 Å². The van der Waals surface area contributed by atoms with E-state index < -0.39 is 0 Å². The van der Waals surface area contributed by atoms with Gasteiger partial charge < -0.3 is 15.2 Å². The third-order valence-corrected chi connectivity index (χ3v) is 3.50. The number of nitrogens with two attached hydrogens (primary N) is 1. The van der Waals surface area contributed by atoms with Gasteiger partial charge in [-0.15, -0.1) is 0 Å². The summed E-state index contributed by atoms with van der Waals surface area (Å²) >= 11 is 0. The van der Waals surface area contributed by atoms with E-state index in [1.165, 1.54) is 0 Å². The summed E-state index contributed by atoms with van der Waals surface area (Å²) in [6.07, 6.45) is 3.38. The van der Waals surface area contributed by atoms with Crippen LogP contribution in [0.25, 0.3) is 0 Å². The molecule has 1 amide bonds. The molecule has 0 radical (unpaired) electrons. The van der Waals surface area contributed by atoms with Crippen molar-refractivity contribution in [3.63, 3.8) is 0 Å². The van der Waals surface area contributed by atoms with Crippen molar-refractivity contribution in [1.29, 1.82) is 0 Å². The molecule has 1 aromatic carbocycles. The highest BCUT2D eigenvalue weighted by Crippen LogP contribution is 2.34. The summed E-state index contributed by atoms with van der Waals surface area (Å²) < 4.78 is 11.3. The van der Waals surface area contributed by atoms with Crippen LogP contribution in [0.1, 0.15) is 31.7 Å². The third kappa shape index (κ3) is 4.63. The van der Waals surface area contributed by atoms with Crippen molar-refractivity contribution >= 4 is 5.91 Å². The summed E-state index contributed by atoms with van der Waals surface area (Å²) in [5.41, 5.74) is 6.40. The molecule has 1 aromatic rings. The molecule has 1 aliphatic rings. The van der Waals surface area contributed by atoms with E-state index >= 15 is 0 Å². The van der Waals surface area contributed by atoms with E-state index in [1.54, 1.807) is 0 Å². The maximum atomic E-state index is 11.2. The number of unbranched alkanes of at least 4 members (excludes halogenated alkanes) is 2. The van der Waals surface area contributed by atoms with Crippen LogP contribution in [0.15, 0.2) is 18.2 Å². The Hall–Kier alpha value is -1.75. The van der Waals surface area contributed by atoms with Gasteiger partial charge in [0.25, 0.3) is 0 Å². The number of carbonyl (C=O) groups excluding carboxylic acids is 1. The standard InChI is InChI=1S/C16H24N2O3/c1-2-3-4-8-18(12-15(17)19)11-13-6-5-7-14-16(13)21-10-9-20-14/h5-7H,2-4,8-12H2,1H3,(H2,17,19). The number of hydrogen-bond acceptors (Lipinski definition) is 4. The van der Waals surface area contributed by atoms with Crippen molar-refractivity contribution < 1.29 is 14.3 Å². The number of hydrogen-bond donors (Lipinski definition) is 1. The van der Waals surface area contributed by atoms with Gasteiger partial charge in [-0.05, 0) is 19.0 Å². The van der Waals surface area contributed by atoms with Gasteiger partial charge in [-0.2, -0.15) is 0 Å². The fraction of sp³-hybridized carbons (Fsp3) is 0.562. The van der Waals surface area contributed by atoms with Crippen molar-refractivity contribution in [3.05, 3.63) is 23.8 Å². The molecule has 0 spiro atoms. The molecule has 0 saturated carbocycles. The number of para-hydroxylation sites is 1. The Labute approximate surface area is 126 Å². The number of nitrogens with zero attached hydrogens (tertiary/aromatic N) is 1. The average Bonchev–Trinajstić information content (AvgIpc) is 2.47. The van der Waals surface area contributed by atoms with E-state index in [2.05, 4.69) is 11.8 Å². The molecule has 1 heterocycles. The van der Waals surface area contributed by atoms with Crippen molar-refractivity contribution in [3.8, 4) is 11.5 Å². The summed E-state index contributed by atoms with van der Waals surface area (Å²) in [6.45, 7) is 5.10. The number of primary amides is 1. The van der Waals surface area contributed by atoms with Gasteiger partial charge in [-0.25, -0.2) is 0 Å². The Bertz CT molecular complexity index is 477. The number of rotatable bonds is 8. The van der Waals surface area contributed by atoms with E-state index in [1.807, 2.05) is 18.2 Å². The molecular weight excluding hydrogens is 268 g/mol. The fourth-order valence-corrected chi connectivity index (χ4v) is 2.52. The maximum Gasteiger partial charge on any atom is 0.231 e. The summed E-state index contributed by atoms with van der Waals surface area (Å²) in [4.78, 5) is 13.3. The van der Waals surface area contributed by atoms with Gasteiger partial charge in [0.15, 0.2) is 11.5 Å². The van der Waals surface area contributed by atoms with Crippen LogP contribution in [0.4, 0.5) is 0 Å². The van der Waals surface area contributed by atoms with E-state index in [9.17, 15) is 4.79 Å². The fourth-order valence-electron chi connectivity index (χ4n) is 2.52. The van der Waals surface area contributed by atoms with Crippen molar-refractivity contribution in [2.45, 2.75) is 32.7 Å². The first kappa shape index (κ1) is 15.6. The first-order chi connectivity index (χ1) is 10.2. The second-order valence-electron chi connectivity index (χ2n) is 5.33. The Morgan fingerprint density at radius 2 is 2.10 bits per heavy atom. The third-order valence-electron chi connectivity index (χ3n) is 3.50. The predicted octanol–water partition coefficient (Wildman–Crippen LogP) is 1.94. The van der Waals surface area contributed by atoms with Crippen LogP contribution < -0.4 is 15.2 Å². The Balaban J connectivity index is 2.06. The molecule has 2 N–H and O–H groups in total. The topological polar surface area (TPSA) is 64.8 Å².